The van der Waals surface area contributed by atoms with Gasteiger partial charge in [-0.2, -0.15) is 0 Å². The summed E-state index contributed by atoms with van der Waals surface area (Å²) in [4.78, 5) is 8.96. The summed E-state index contributed by atoms with van der Waals surface area (Å²) >= 11 is 1.68. The molecule has 0 aliphatic rings. The van der Waals surface area contributed by atoms with E-state index in [9.17, 15) is 0 Å². The lowest BCUT2D eigenvalue weighted by atomic mass is 10.1. The third kappa shape index (κ3) is 2.01. The van der Waals surface area contributed by atoms with Crippen LogP contribution >= 0.6 is 11.3 Å². The maximum atomic E-state index is 6.01. The van der Waals surface area contributed by atoms with E-state index in [4.69, 9.17) is 5.73 Å². The molecule has 2 aromatic rings. The second-order valence-corrected chi connectivity index (χ2v) is 4.61. The molecular formula is C11H15N3S. The molecule has 0 saturated heterocycles. The Morgan fingerprint density at radius 2 is 2.27 bits per heavy atom. The lowest BCUT2D eigenvalue weighted by molar-refractivity contribution is 0.603. The van der Waals surface area contributed by atoms with Gasteiger partial charge in [0.25, 0.3) is 0 Å². The minimum atomic E-state index is -0.0296. The van der Waals surface area contributed by atoms with Crippen LogP contribution in [0.15, 0.2) is 11.4 Å². The zero-order chi connectivity index (χ0) is 10.8. The zero-order valence-electron chi connectivity index (χ0n) is 9.03. The van der Waals surface area contributed by atoms with Gasteiger partial charge in [0.15, 0.2) is 0 Å². The maximum absolute atomic E-state index is 6.01. The summed E-state index contributed by atoms with van der Waals surface area (Å²) in [6.07, 6.45) is 2.00. The predicted octanol–water partition coefficient (Wildman–Crippen LogP) is 2.80. The number of thiophene rings is 1. The quantitative estimate of drug-likeness (QED) is 0.867. The van der Waals surface area contributed by atoms with Crippen molar-refractivity contribution in [2.45, 2.75) is 32.7 Å². The van der Waals surface area contributed by atoms with Crippen LogP contribution in [0.2, 0.25) is 0 Å². The number of aryl methyl sites for hydroxylation is 1. The molecule has 2 rings (SSSR count). The Morgan fingerprint density at radius 3 is 3.00 bits per heavy atom. The Kier molecular flexibility index (Phi) is 2.98. The number of hydrogen-bond acceptors (Lipinski definition) is 4. The van der Waals surface area contributed by atoms with Crippen molar-refractivity contribution in [1.29, 1.82) is 0 Å². The molecule has 0 amide bonds. The van der Waals surface area contributed by atoms with E-state index in [1.54, 1.807) is 11.3 Å². The molecule has 0 aliphatic heterocycles. The van der Waals surface area contributed by atoms with Crippen molar-refractivity contribution in [2.24, 2.45) is 5.73 Å². The number of hydrogen-bond donors (Lipinski definition) is 1. The molecule has 80 valence electrons. The first kappa shape index (κ1) is 10.5. The molecule has 1 unspecified atom stereocenters. The molecule has 0 saturated carbocycles. The van der Waals surface area contributed by atoms with Crippen LogP contribution in [0.3, 0.4) is 0 Å². The molecule has 0 aromatic carbocycles. The smallest absolute Gasteiger partial charge is 0.146 e. The van der Waals surface area contributed by atoms with Gasteiger partial charge >= 0.3 is 0 Å². The Bertz CT molecular complexity index is 464. The predicted molar refractivity (Wildman–Crippen MR) is 64.0 cm³/mol. The molecule has 2 heterocycles. The maximum Gasteiger partial charge on any atom is 0.146 e. The van der Waals surface area contributed by atoms with E-state index in [1.165, 1.54) is 4.70 Å². The Hall–Kier alpha value is -1.00. The lowest BCUT2D eigenvalue weighted by Gasteiger charge is -2.09. The molecule has 0 radical (unpaired) electrons. The van der Waals surface area contributed by atoms with E-state index < -0.39 is 0 Å². The molecule has 1 atom stereocenters. The molecule has 15 heavy (non-hydrogen) atoms. The summed E-state index contributed by atoms with van der Waals surface area (Å²) < 4.78 is 1.17. The average molecular weight is 221 g/mol. The van der Waals surface area contributed by atoms with E-state index in [1.807, 2.05) is 18.4 Å². The average Bonchev–Trinajstić information content (AvgIpc) is 2.66. The van der Waals surface area contributed by atoms with E-state index in [0.29, 0.717) is 0 Å². The summed E-state index contributed by atoms with van der Waals surface area (Å²) in [5.74, 6) is 0.778. The van der Waals surface area contributed by atoms with E-state index in [-0.39, 0.29) is 6.04 Å². The standard InChI is InChI=1S/C11H15N3S/c1-3-4-8(12)11-13-7(2)10-9(14-11)5-6-15-10/h5-6,8H,3-4,12H2,1-2H3. The van der Waals surface area contributed by atoms with Gasteiger partial charge < -0.3 is 5.73 Å². The van der Waals surface area contributed by atoms with Gasteiger partial charge in [0.05, 0.1) is 22.0 Å². The number of fused-ring (bicyclic) bond motifs is 1. The van der Waals surface area contributed by atoms with Crippen LogP contribution in [-0.2, 0) is 0 Å². The van der Waals surface area contributed by atoms with Gasteiger partial charge in [0.2, 0.25) is 0 Å². The highest BCUT2D eigenvalue weighted by Crippen LogP contribution is 2.23. The number of rotatable bonds is 3. The molecule has 0 bridgehead atoms. The Labute approximate surface area is 93.4 Å². The zero-order valence-corrected chi connectivity index (χ0v) is 9.84. The van der Waals surface area contributed by atoms with Gasteiger partial charge in [-0.05, 0) is 24.8 Å². The Morgan fingerprint density at radius 1 is 1.47 bits per heavy atom. The minimum Gasteiger partial charge on any atom is -0.321 e. The first-order valence-corrected chi connectivity index (χ1v) is 6.07. The molecule has 0 aliphatic carbocycles. The van der Waals surface area contributed by atoms with Crippen LogP contribution in [0, 0.1) is 6.92 Å². The van der Waals surface area contributed by atoms with Crippen LogP contribution < -0.4 is 5.73 Å². The van der Waals surface area contributed by atoms with Crippen molar-refractivity contribution in [3.05, 3.63) is 23.0 Å². The van der Waals surface area contributed by atoms with Crippen molar-refractivity contribution < 1.29 is 0 Å². The van der Waals surface area contributed by atoms with Crippen molar-refractivity contribution >= 4 is 21.6 Å². The van der Waals surface area contributed by atoms with E-state index >= 15 is 0 Å². The Balaban J connectivity index is 2.44. The van der Waals surface area contributed by atoms with Crippen molar-refractivity contribution in [1.82, 2.24) is 9.97 Å². The minimum absolute atomic E-state index is 0.0296. The number of aromatic nitrogens is 2. The van der Waals surface area contributed by atoms with E-state index in [0.717, 1.165) is 29.9 Å². The van der Waals surface area contributed by atoms with Crippen LogP contribution in [-0.4, -0.2) is 9.97 Å². The van der Waals surface area contributed by atoms with Crippen molar-refractivity contribution in [3.63, 3.8) is 0 Å². The summed E-state index contributed by atoms with van der Waals surface area (Å²) in [7, 11) is 0. The second-order valence-electron chi connectivity index (χ2n) is 3.70. The fraction of sp³-hybridized carbons (Fsp3) is 0.455. The molecular weight excluding hydrogens is 206 g/mol. The van der Waals surface area contributed by atoms with Crippen LogP contribution in [0.25, 0.3) is 10.2 Å². The molecule has 0 fully saturated rings. The first-order valence-electron chi connectivity index (χ1n) is 5.19. The molecule has 2 aromatic heterocycles. The van der Waals surface area contributed by atoms with Gasteiger partial charge in [-0.3, -0.25) is 0 Å². The summed E-state index contributed by atoms with van der Waals surface area (Å²) in [5.41, 5.74) is 8.07. The SMILES string of the molecule is CCCC(N)c1nc(C)c2sccc2n1. The van der Waals surface area contributed by atoms with Crippen molar-refractivity contribution in [2.75, 3.05) is 0 Å². The molecule has 3 nitrogen and oxygen atoms in total. The number of nitrogens with two attached hydrogens (primary N) is 1. The van der Waals surface area contributed by atoms with Gasteiger partial charge in [0, 0.05) is 0 Å². The van der Waals surface area contributed by atoms with Gasteiger partial charge in [-0.25, -0.2) is 9.97 Å². The third-order valence-corrected chi connectivity index (χ3v) is 3.43. The van der Waals surface area contributed by atoms with Gasteiger partial charge in [-0.1, -0.05) is 13.3 Å². The van der Waals surface area contributed by atoms with Crippen LogP contribution in [0.5, 0.6) is 0 Å². The van der Waals surface area contributed by atoms with E-state index in [2.05, 4.69) is 16.9 Å². The second kappa shape index (κ2) is 4.24. The monoisotopic (exact) mass is 221 g/mol. The number of nitrogens with zero attached hydrogens (tertiary/aromatic N) is 2. The third-order valence-electron chi connectivity index (χ3n) is 2.42. The van der Waals surface area contributed by atoms with Gasteiger partial charge in [0.1, 0.15) is 5.82 Å². The first-order chi connectivity index (χ1) is 7.22. The molecule has 4 heteroatoms. The summed E-state index contributed by atoms with van der Waals surface area (Å²) in [6.45, 7) is 4.14. The normalized spacial score (nSPS) is 13.3. The highest BCUT2D eigenvalue weighted by molar-refractivity contribution is 7.17. The van der Waals surface area contributed by atoms with Crippen molar-refractivity contribution in [3.8, 4) is 0 Å². The van der Waals surface area contributed by atoms with Crippen LogP contribution in [0.4, 0.5) is 0 Å². The summed E-state index contributed by atoms with van der Waals surface area (Å²) in [5, 5.41) is 2.04. The fourth-order valence-corrected chi connectivity index (χ4v) is 2.42. The van der Waals surface area contributed by atoms with Crippen LogP contribution in [0.1, 0.15) is 37.3 Å². The lowest BCUT2D eigenvalue weighted by Crippen LogP contribution is -2.14. The fourth-order valence-electron chi connectivity index (χ4n) is 1.64. The topological polar surface area (TPSA) is 51.8 Å². The summed E-state index contributed by atoms with van der Waals surface area (Å²) in [6, 6.07) is 2.00. The highest BCUT2D eigenvalue weighted by Gasteiger charge is 2.11. The highest BCUT2D eigenvalue weighted by atomic mass is 32.1. The molecule has 2 N–H and O–H groups in total. The van der Waals surface area contributed by atoms with Gasteiger partial charge in [-0.15, -0.1) is 11.3 Å². The molecule has 0 spiro atoms. The largest absolute Gasteiger partial charge is 0.321 e.